The van der Waals surface area contributed by atoms with Crippen LogP contribution in [0, 0.1) is 11.8 Å². The molecular formula is C18H17F3N2O4. The molecule has 0 radical (unpaired) electrons. The summed E-state index contributed by atoms with van der Waals surface area (Å²) in [6, 6.07) is 3.56. The van der Waals surface area contributed by atoms with Crippen molar-refractivity contribution in [3.63, 3.8) is 0 Å². The maximum atomic E-state index is 12.5. The average molecular weight is 382 g/mol. The van der Waals surface area contributed by atoms with E-state index in [9.17, 15) is 27.6 Å². The van der Waals surface area contributed by atoms with Gasteiger partial charge >= 0.3 is 6.36 Å². The summed E-state index contributed by atoms with van der Waals surface area (Å²) < 4.78 is 40.2. The van der Waals surface area contributed by atoms with Gasteiger partial charge in [-0.25, -0.2) is 0 Å². The third-order valence-corrected chi connectivity index (χ3v) is 4.66. The molecule has 9 heteroatoms. The van der Waals surface area contributed by atoms with Crippen LogP contribution in [0.25, 0.3) is 0 Å². The molecule has 1 N–H and O–H groups in total. The maximum Gasteiger partial charge on any atom is 0.573 e. The van der Waals surface area contributed by atoms with Gasteiger partial charge in [0.25, 0.3) is 0 Å². The molecule has 0 spiro atoms. The van der Waals surface area contributed by atoms with E-state index in [1.165, 1.54) is 19.1 Å². The van der Waals surface area contributed by atoms with Crippen molar-refractivity contribution in [3.05, 3.63) is 36.4 Å². The number of allylic oxidation sites excluding steroid dienone is 2. The highest BCUT2D eigenvalue weighted by Gasteiger charge is 2.50. The fourth-order valence-electron chi connectivity index (χ4n) is 3.31. The topological polar surface area (TPSA) is 75.7 Å². The van der Waals surface area contributed by atoms with E-state index in [-0.39, 0.29) is 17.5 Å². The minimum absolute atomic E-state index is 0.222. The third-order valence-electron chi connectivity index (χ3n) is 4.66. The highest BCUT2D eigenvalue weighted by Crippen LogP contribution is 2.36. The number of nitrogens with one attached hydrogen (secondary N) is 1. The van der Waals surface area contributed by atoms with Crippen LogP contribution in [0.5, 0.6) is 5.75 Å². The second-order valence-electron chi connectivity index (χ2n) is 6.44. The van der Waals surface area contributed by atoms with Crippen molar-refractivity contribution in [3.8, 4) is 5.75 Å². The number of nitrogens with zero attached hydrogens (tertiary/aromatic N) is 1. The Morgan fingerprint density at radius 2 is 1.63 bits per heavy atom. The number of fused-ring (bicyclic) bond motifs is 1. The van der Waals surface area contributed by atoms with Crippen LogP contribution in [0.4, 0.5) is 18.9 Å². The Hall–Kier alpha value is -2.84. The van der Waals surface area contributed by atoms with Crippen LogP contribution in [-0.2, 0) is 14.4 Å². The molecular weight excluding hydrogens is 365 g/mol. The van der Waals surface area contributed by atoms with Gasteiger partial charge in [0, 0.05) is 5.69 Å². The summed E-state index contributed by atoms with van der Waals surface area (Å²) in [6.07, 6.45) is -0.154. The number of benzene rings is 1. The summed E-state index contributed by atoms with van der Waals surface area (Å²) in [5.41, 5.74) is 0.222. The van der Waals surface area contributed by atoms with Gasteiger partial charge in [0.2, 0.25) is 17.7 Å². The molecule has 0 aromatic heterocycles. The lowest BCUT2D eigenvalue weighted by Crippen LogP contribution is -2.46. The van der Waals surface area contributed by atoms with E-state index in [1.807, 2.05) is 12.2 Å². The van der Waals surface area contributed by atoms with Crippen LogP contribution in [-0.4, -0.2) is 35.0 Å². The van der Waals surface area contributed by atoms with Crippen molar-refractivity contribution in [1.29, 1.82) is 0 Å². The van der Waals surface area contributed by atoms with Crippen molar-refractivity contribution >= 4 is 23.4 Å². The smallest absolute Gasteiger partial charge is 0.406 e. The van der Waals surface area contributed by atoms with E-state index >= 15 is 0 Å². The monoisotopic (exact) mass is 382 g/mol. The van der Waals surface area contributed by atoms with Crippen molar-refractivity contribution < 1.29 is 32.3 Å². The first-order chi connectivity index (χ1) is 12.7. The van der Waals surface area contributed by atoms with Gasteiger partial charge in [-0.1, -0.05) is 12.2 Å². The van der Waals surface area contributed by atoms with Gasteiger partial charge in [-0.05, 0) is 44.0 Å². The molecule has 1 heterocycles. The van der Waals surface area contributed by atoms with Gasteiger partial charge < -0.3 is 10.1 Å². The van der Waals surface area contributed by atoms with E-state index in [0.717, 1.165) is 17.0 Å². The van der Waals surface area contributed by atoms with Crippen LogP contribution >= 0.6 is 0 Å². The number of alkyl halides is 3. The first kappa shape index (κ1) is 18.9. The Bertz CT molecular complexity index is 763. The zero-order valence-electron chi connectivity index (χ0n) is 14.3. The van der Waals surface area contributed by atoms with Crippen LogP contribution in [0.3, 0.4) is 0 Å². The van der Waals surface area contributed by atoms with Crippen molar-refractivity contribution in [2.75, 3.05) is 5.32 Å². The predicted molar refractivity (Wildman–Crippen MR) is 88.4 cm³/mol. The summed E-state index contributed by atoms with van der Waals surface area (Å²) in [6.45, 7) is 1.44. The van der Waals surface area contributed by atoms with Gasteiger partial charge in [-0.2, -0.15) is 0 Å². The predicted octanol–water partition coefficient (Wildman–Crippen LogP) is 2.86. The minimum atomic E-state index is -4.80. The molecule has 3 amide bonds. The summed E-state index contributed by atoms with van der Waals surface area (Å²) in [4.78, 5) is 38.4. The number of carbonyl (C=O) groups is 3. The molecule has 1 fully saturated rings. The molecule has 3 rings (SSSR count). The molecule has 1 aliphatic carbocycles. The number of hydrogen-bond donors (Lipinski definition) is 1. The highest BCUT2D eigenvalue weighted by atomic mass is 19.4. The fraction of sp³-hybridized carbons (Fsp3) is 0.389. The van der Waals surface area contributed by atoms with Gasteiger partial charge in [0.15, 0.2) is 0 Å². The number of carbonyl (C=O) groups excluding carboxylic acids is 3. The number of amides is 3. The fourth-order valence-corrected chi connectivity index (χ4v) is 3.31. The molecule has 2 aliphatic rings. The van der Waals surface area contributed by atoms with E-state index in [4.69, 9.17) is 0 Å². The van der Waals surface area contributed by atoms with Gasteiger partial charge in [0.05, 0.1) is 11.8 Å². The molecule has 1 saturated heterocycles. The number of imide groups is 1. The first-order valence-corrected chi connectivity index (χ1v) is 8.36. The molecule has 27 heavy (non-hydrogen) atoms. The standard InChI is InChI=1S/C18H17F3N2O4/c1-10(23-16(25)13-4-2-3-5-14(13)17(23)26)15(24)22-11-6-8-12(9-7-11)27-18(19,20)21/h2-3,6-10,13-14H,4-5H2,1H3,(H,22,24)/t10-,13-,14-/m0/s1. The molecule has 0 saturated carbocycles. The number of anilines is 1. The van der Waals surface area contributed by atoms with Crippen LogP contribution in [0.2, 0.25) is 0 Å². The number of likely N-dealkylation sites (tertiary alicyclic amines) is 1. The second-order valence-corrected chi connectivity index (χ2v) is 6.44. The Morgan fingerprint density at radius 3 is 2.11 bits per heavy atom. The molecule has 1 aromatic rings. The zero-order valence-corrected chi connectivity index (χ0v) is 14.3. The number of hydrogen-bond acceptors (Lipinski definition) is 4. The third kappa shape index (κ3) is 3.96. The van der Waals surface area contributed by atoms with Crippen molar-refractivity contribution in [2.24, 2.45) is 11.8 Å². The van der Waals surface area contributed by atoms with E-state index in [1.54, 1.807) is 0 Å². The van der Waals surface area contributed by atoms with E-state index in [2.05, 4.69) is 10.1 Å². The SMILES string of the molecule is C[C@@H](C(=O)Nc1ccc(OC(F)(F)F)cc1)N1C(=O)[C@H]2CC=CC[C@@H]2C1=O. The molecule has 1 aliphatic heterocycles. The van der Waals surface area contributed by atoms with Gasteiger partial charge in [-0.15, -0.1) is 13.2 Å². The lowest BCUT2D eigenvalue weighted by molar-refractivity contribution is -0.274. The van der Waals surface area contributed by atoms with Crippen LogP contribution in [0.1, 0.15) is 19.8 Å². The Labute approximate surface area is 153 Å². The maximum absolute atomic E-state index is 12.5. The van der Waals surface area contributed by atoms with Gasteiger partial charge in [-0.3, -0.25) is 19.3 Å². The molecule has 1 aromatic carbocycles. The Kier molecular flexibility index (Phi) is 4.95. The van der Waals surface area contributed by atoms with Crippen molar-refractivity contribution in [2.45, 2.75) is 32.2 Å². The number of ether oxygens (including phenoxy) is 1. The normalized spacial score (nSPS) is 23.2. The molecule has 0 unspecified atom stereocenters. The van der Waals surface area contributed by atoms with Crippen LogP contribution < -0.4 is 10.1 Å². The first-order valence-electron chi connectivity index (χ1n) is 8.36. The lowest BCUT2D eigenvalue weighted by Gasteiger charge is -2.22. The van der Waals surface area contributed by atoms with E-state index < -0.39 is 35.9 Å². The number of halogens is 3. The highest BCUT2D eigenvalue weighted by molar-refractivity contribution is 6.10. The Balaban J connectivity index is 1.66. The minimum Gasteiger partial charge on any atom is -0.406 e. The molecule has 144 valence electrons. The summed E-state index contributed by atoms with van der Waals surface area (Å²) in [7, 11) is 0. The summed E-state index contributed by atoms with van der Waals surface area (Å²) >= 11 is 0. The number of rotatable bonds is 4. The zero-order chi connectivity index (χ0) is 19.8. The van der Waals surface area contributed by atoms with Crippen LogP contribution in [0.15, 0.2) is 36.4 Å². The summed E-state index contributed by atoms with van der Waals surface area (Å²) in [5, 5.41) is 2.49. The lowest BCUT2D eigenvalue weighted by atomic mass is 9.85. The average Bonchev–Trinajstić information content (AvgIpc) is 2.86. The largest absolute Gasteiger partial charge is 0.573 e. The second kappa shape index (κ2) is 7.05. The quantitative estimate of drug-likeness (QED) is 0.642. The Morgan fingerprint density at radius 1 is 1.11 bits per heavy atom. The molecule has 3 atom stereocenters. The molecule has 0 bridgehead atoms. The molecule has 6 nitrogen and oxygen atoms in total. The van der Waals surface area contributed by atoms with Crippen molar-refractivity contribution in [1.82, 2.24) is 4.90 Å². The van der Waals surface area contributed by atoms with Gasteiger partial charge in [0.1, 0.15) is 11.8 Å². The summed E-state index contributed by atoms with van der Waals surface area (Å²) in [5.74, 6) is -2.63. The van der Waals surface area contributed by atoms with E-state index in [0.29, 0.717) is 12.8 Å².